The molecular weight excluding hydrogens is 661 g/mol. The molecule has 0 fully saturated rings. The number of fused-ring (bicyclic) bond motifs is 10. The van der Waals surface area contributed by atoms with Gasteiger partial charge in [0.15, 0.2) is 0 Å². The molecule has 0 spiro atoms. The van der Waals surface area contributed by atoms with Crippen LogP contribution in [0.25, 0.3) is 66.0 Å². The molecule has 2 aliphatic heterocycles. The van der Waals surface area contributed by atoms with E-state index in [9.17, 15) is 0 Å². The van der Waals surface area contributed by atoms with E-state index in [1.807, 2.05) is 0 Å². The van der Waals surface area contributed by atoms with Crippen molar-refractivity contribution in [1.82, 2.24) is 4.98 Å². The van der Waals surface area contributed by atoms with Crippen LogP contribution >= 0.6 is 0 Å². The second-order valence-electron chi connectivity index (χ2n) is 16.7. The molecular formula is C53H40BN. The molecule has 1 nitrogen and oxygen atoms in total. The van der Waals surface area contributed by atoms with Gasteiger partial charge in [-0.05, 0) is 84.9 Å². The molecule has 0 amide bonds. The zero-order chi connectivity index (χ0) is 37.1. The third kappa shape index (κ3) is 4.64. The summed E-state index contributed by atoms with van der Waals surface area (Å²) < 4.78 is 0. The Morgan fingerprint density at radius 2 is 0.800 bits per heavy atom. The van der Waals surface area contributed by atoms with Crippen molar-refractivity contribution < 1.29 is 0 Å². The first-order valence-corrected chi connectivity index (χ1v) is 19.6. The van der Waals surface area contributed by atoms with Gasteiger partial charge in [-0.3, -0.25) is 0 Å². The second-order valence-corrected chi connectivity index (χ2v) is 16.7. The summed E-state index contributed by atoms with van der Waals surface area (Å²) in [6.45, 7) is 9.92. The first kappa shape index (κ1) is 32.2. The summed E-state index contributed by atoms with van der Waals surface area (Å²) in [5, 5.41) is 6.14. The van der Waals surface area contributed by atoms with Crippen molar-refractivity contribution in [3.63, 3.8) is 0 Å². The number of pyridine rings is 1. The van der Waals surface area contributed by atoms with Crippen LogP contribution in [0.4, 0.5) is 0 Å². The molecule has 55 heavy (non-hydrogen) atoms. The molecule has 0 bridgehead atoms. The van der Waals surface area contributed by atoms with Gasteiger partial charge in [0.25, 0.3) is 0 Å². The summed E-state index contributed by atoms with van der Waals surface area (Å²) in [4.78, 5) is 5.35. The molecule has 0 atom stereocenters. The maximum atomic E-state index is 5.35. The number of hydrogen-bond acceptors (Lipinski definition) is 1. The molecule has 0 N–H and O–H groups in total. The van der Waals surface area contributed by atoms with Crippen molar-refractivity contribution in [2.24, 2.45) is 0 Å². The molecule has 11 rings (SSSR count). The monoisotopic (exact) mass is 701 g/mol. The number of rotatable bonds is 3. The Morgan fingerprint density at radius 1 is 0.364 bits per heavy atom. The Balaban J connectivity index is 1.04. The Bertz CT molecular complexity index is 2940. The molecule has 2 aliphatic rings. The standard InChI is InChI=1S/C53H40BN/c1-52(2)43-23-9-11-25-47(43)54-48-26-12-10-24-44(48)53(3,4)46-32-37(31-45(52)50(46)54)35-17-13-15-33(29-35)34-16-14-18-36(30-34)49-28-27-42-40-21-6-5-19-38(40)39-20-7-8-22-41(39)51(42)55-49/h5-32H,1-4H3. The van der Waals surface area contributed by atoms with E-state index in [1.54, 1.807) is 0 Å². The average Bonchev–Trinajstić information content (AvgIpc) is 3.23. The van der Waals surface area contributed by atoms with Crippen molar-refractivity contribution in [3.05, 3.63) is 192 Å². The number of hydrogen-bond donors (Lipinski definition) is 0. The smallest absolute Gasteiger partial charge is 0.242 e. The molecule has 2 heteroatoms. The minimum Gasteiger partial charge on any atom is -0.247 e. The quantitative estimate of drug-likeness (QED) is 0.132. The van der Waals surface area contributed by atoms with E-state index >= 15 is 0 Å². The van der Waals surface area contributed by atoms with Crippen molar-refractivity contribution in [2.45, 2.75) is 38.5 Å². The van der Waals surface area contributed by atoms with Gasteiger partial charge in [-0.1, -0.05) is 190 Å². The highest BCUT2D eigenvalue weighted by molar-refractivity contribution is 6.97. The summed E-state index contributed by atoms with van der Waals surface area (Å²) in [5.74, 6) is 0. The highest BCUT2D eigenvalue weighted by Gasteiger charge is 2.48. The fraction of sp³-hybridized carbons (Fsp3) is 0.113. The second kappa shape index (κ2) is 11.6. The Morgan fingerprint density at radius 3 is 1.38 bits per heavy atom. The normalized spacial score (nSPS) is 14.8. The molecule has 3 heterocycles. The van der Waals surface area contributed by atoms with Gasteiger partial charge in [0.05, 0.1) is 11.2 Å². The Hall–Kier alpha value is -6.25. The lowest BCUT2D eigenvalue weighted by Crippen LogP contribution is -2.66. The van der Waals surface area contributed by atoms with Crippen LogP contribution in [0.2, 0.25) is 0 Å². The van der Waals surface area contributed by atoms with Crippen LogP contribution in [0, 0.1) is 0 Å². The maximum Gasteiger partial charge on any atom is 0.242 e. The van der Waals surface area contributed by atoms with E-state index < -0.39 is 0 Å². The average molecular weight is 702 g/mol. The van der Waals surface area contributed by atoms with E-state index in [1.165, 1.54) is 87.8 Å². The zero-order valence-electron chi connectivity index (χ0n) is 31.7. The Kier molecular flexibility index (Phi) is 6.81. The van der Waals surface area contributed by atoms with Crippen molar-refractivity contribution in [1.29, 1.82) is 0 Å². The molecule has 8 aromatic carbocycles. The summed E-state index contributed by atoms with van der Waals surface area (Å²) >= 11 is 0. The van der Waals surface area contributed by atoms with Gasteiger partial charge < -0.3 is 0 Å². The highest BCUT2D eigenvalue weighted by atomic mass is 14.7. The zero-order valence-corrected chi connectivity index (χ0v) is 31.7. The fourth-order valence-corrected chi connectivity index (χ4v) is 10.2. The largest absolute Gasteiger partial charge is 0.247 e. The third-order valence-electron chi connectivity index (χ3n) is 13.0. The van der Waals surface area contributed by atoms with Crippen molar-refractivity contribution >= 4 is 55.5 Å². The SMILES string of the molecule is CC1(C)c2ccccc2B2c3ccccc3C(C)(C)c3cc(-c4cccc(-c5cccc(-c6ccc7c8ccccc8c8ccccc8c7n6)c5)c4)cc1c32. The number of benzene rings is 8. The molecule has 0 saturated carbocycles. The van der Waals surface area contributed by atoms with Crippen LogP contribution in [0.1, 0.15) is 49.9 Å². The van der Waals surface area contributed by atoms with Gasteiger partial charge in [0, 0.05) is 27.2 Å². The van der Waals surface area contributed by atoms with Crippen molar-refractivity contribution in [3.8, 4) is 33.5 Å². The van der Waals surface area contributed by atoms with Gasteiger partial charge in [-0.15, -0.1) is 0 Å². The van der Waals surface area contributed by atoms with Crippen LogP contribution in [-0.4, -0.2) is 11.7 Å². The first-order valence-electron chi connectivity index (χ1n) is 19.6. The third-order valence-corrected chi connectivity index (χ3v) is 13.0. The minimum atomic E-state index is -0.133. The maximum absolute atomic E-state index is 5.35. The number of aromatic nitrogens is 1. The number of nitrogens with zero attached hydrogens (tertiary/aromatic N) is 1. The van der Waals surface area contributed by atoms with E-state index in [0.29, 0.717) is 0 Å². The highest BCUT2D eigenvalue weighted by Crippen LogP contribution is 2.43. The van der Waals surface area contributed by atoms with E-state index in [2.05, 4.69) is 198 Å². The lowest BCUT2D eigenvalue weighted by molar-refractivity contribution is 0.622. The van der Waals surface area contributed by atoms with Gasteiger partial charge in [-0.25, -0.2) is 4.98 Å². The molecule has 0 radical (unpaired) electrons. The summed E-state index contributed by atoms with van der Waals surface area (Å²) in [6.07, 6.45) is 0. The summed E-state index contributed by atoms with van der Waals surface area (Å²) in [5.41, 5.74) is 17.9. The molecule has 0 unspecified atom stereocenters. The van der Waals surface area contributed by atoms with E-state index in [-0.39, 0.29) is 17.5 Å². The molecule has 1 aromatic heterocycles. The Labute approximate surface area is 323 Å². The van der Waals surface area contributed by atoms with Crippen LogP contribution in [-0.2, 0) is 10.8 Å². The predicted molar refractivity (Wildman–Crippen MR) is 235 cm³/mol. The summed E-state index contributed by atoms with van der Waals surface area (Å²) in [6, 6.07) is 63.1. The molecule has 0 aliphatic carbocycles. The molecule has 0 saturated heterocycles. The van der Waals surface area contributed by atoms with E-state index in [0.717, 1.165) is 16.8 Å². The van der Waals surface area contributed by atoms with Gasteiger partial charge in [0.1, 0.15) is 0 Å². The topological polar surface area (TPSA) is 12.9 Å². The van der Waals surface area contributed by atoms with Crippen LogP contribution < -0.4 is 16.4 Å². The van der Waals surface area contributed by atoms with Crippen LogP contribution in [0.5, 0.6) is 0 Å². The van der Waals surface area contributed by atoms with Crippen LogP contribution in [0.3, 0.4) is 0 Å². The molecule has 9 aromatic rings. The molecule has 260 valence electrons. The first-order chi connectivity index (χ1) is 26.8. The van der Waals surface area contributed by atoms with Gasteiger partial charge >= 0.3 is 0 Å². The lowest BCUT2D eigenvalue weighted by Gasteiger charge is -2.47. The lowest BCUT2D eigenvalue weighted by atomic mass is 9.27. The summed E-state index contributed by atoms with van der Waals surface area (Å²) in [7, 11) is 0. The van der Waals surface area contributed by atoms with Gasteiger partial charge in [0.2, 0.25) is 6.71 Å². The predicted octanol–water partition coefficient (Wildman–Crippen LogP) is 11.3. The van der Waals surface area contributed by atoms with E-state index in [4.69, 9.17) is 4.98 Å². The minimum absolute atomic E-state index is 0.133. The fourth-order valence-electron chi connectivity index (χ4n) is 10.2. The van der Waals surface area contributed by atoms with Crippen molar-refractivity contribution in [2.75, 3.05) is 0 Å². The van der Waals surface area contributed by atoms with Crippen LogP contribution in [0.15, 0.2) is 170 Å². The van der Waals surface area contributed by atoms with Gasteiger partial charge in [-0.2, -0.15) is 0 Å².